The van der Waals surface area contributed by atoms with Crippen molar-refractivity contribution in [2.24, 2.45) is 0 Å². The molecular formula is C19H26N2O3. The van der Waals surface area contributed by atoms with Crippen molar-refractivity contribution >= 4 is 6.08 Å². The van der Waals surface area contributed by atoms with Gasteiger partial charge in [0.05, 0.1) is 12.8 Å². The van der Waals surface area contributed by atoms with Gasteiger partial charge in [0, 0.05) is 38.8 Å². The van der Waals surface area contributed by atoms with Gasteiger partial charge in [-0.25, -0.2) is 0 Å². The first-order valence-corrected chi connectivity index (χ1v) is 8.57. The summed E-state index contributed by atoms with van der Waals surface area (Å²) in [5, 5.41) is 9.40. The molecule has 1 aliphatic rings. The highest BCUT2D eigenvalue weighted by Gasteiger charge is 2.26. The number of nitrogens with zero attached hydrogens (tertiary/aromatic N) is 2. The van der Waals surface area contributed by atoms with Gasteiger partial charge >= 0.3 is 0 Å². The van der Waals surface area contributed by atoms with Crippen LogP contribution in [-0.2, 0) is 6.54 Å². The lowest BCUT2D eigenvalue weighted by Crippen LogP contribution is -2.52. The van der Waals surface area contributed by atoms with E-state index >= 15 is 0 Å². The summed E-state index contributed by atoms with van der Waals surface area (Å²) in [6.07, 6.45) is 6.63. The number of aryl methyl sites for hydroxylation is 1. The average molecular weight is 330 g/mol. The Kier molecular flexibility index (Phi) is 5.91. The van der Waals surface area contributed by atoms with Crippen LogP contribution in [0.3, 0.4) is 0 Å². The molecule has 3 heterocycles. The second-order valence-electron chi connectivity index (χ2n) is 6.33. The molecule has 1 N–H and O–H groups in total. The maximum absolute atomic E-state index is 9.40. The SMILES string of the molecule is Cc1ccc(CN2CCN(C/C=C/c3ccco3)C[C@@H]2CCO)o1. The van der Waals surface area contributed by atoms with E-state index in [0.717, 1.165) is 56.4 Å². The van der Waals surface area contributed by atoms with Crippen LogP contribution in [0.4, 0.5) is 0 Å². The quantitative estimate of drug-likeness (QED) is 0.846. The van der Waals surface area contributed by atoms with E-state index < -0.39 is 0 Å². The molecule has 0 aliphatic carbocycles. The van der Waals surface area contributed by atoms with E-state index in [1.165, 1.54) is 0 Å². The van der Waals surface area contributed by atoms with Crippen LogP contribution in [0.15, 0.2) is 45.4 Å². The zero-order valence-electron chi connectivity index (χ0n) is 14.2. The van der Waals surface area contributed by atoms with Crippen LogP contribution in [0, 0.1) is 6.92 Å². The molecule has 1 atom stereocenters. The Morgan fingerprint density at radius 2 is 2.21 bits per heavy atom. The number of furan rings is 2. The van der Waals surface area contributed by atoms with E-state index in [1.807, 2.05) is 37.3 Å². The third-order valence-corrected chi connectivity index (χ3v) is 4.49. The molecule has 0 amide bonds. The van der Waals surface area contributed by atoms with E-state index in [4.69, 9.17) is 8.83 Å². The smallest absolute Gasteiger partial charge is 0.126 e. The van der Waals surface area contributed by atoms with Crippen molar-refractivity contribution in [3.63, 3.8) is 0 Å². The molecule has 3 rings (SSSR count). The van der Waals surface area contributed by atoms with Crippen LogP contribution in [0.2, 0.25) is 0 Å². The summed E-state index contributed by atoms with van der Waals surface area (Å²) in [5.41, 5.74) is 0. The molecule has 0 bridgehead atoms. The molecule has 130 valence electrons. The second kappa shape index (κ2) is 8.33. The number of hydrogen-bond acceptors (Lipinski definition) is 5. The lowest BCUT2D eigenvalue weighted by Gasteiger charge is -2.40. The van der Waals surface area contributed by atoms with Gasteiger partial charge in [-0.1, -0.05) is 6.08 Å². The number of hydrogen-bond donors (Lipinski definition) is 1. The van der Waals surface area contributed by atoms with Gasteiger partial charge in [0.15, 0.2) is 0 Å². The highest BCUT2D eigenvalue weighted by molar-refractivity contribution is 5.42. The highest BCUT2D eigenvalue weighted by Crippen LogP contribution is 2.18. The predicted octanol–water partition coefficient (Wildman–Crippen LogP) is 2.76. The Morgan fingerprint density at radius 3 is 2.92 bits per heavy atom. The fourth-order valence-corrected chi connectivity index (χ4v) is 3.23. The monoisotopic (exact) mass is 330 g/mol. The van der Waals surface area contributed by atoms with Gasteiger partial charge in [0.1, 0.15) is 17.3 Å². The van der Waals surface area contributed by atoms with Gasteiger partial charge < -0.3 is 13.9 Å². The zero-order chi connectivity index (χ0) is 16.8. The minimum Gasteiger partial charge on any atom is -0.465 e. The first-order chi connectivity index (χ1) is 11.7. The topological polar surface area (TPSA) is 53.0 Å². The van der Waals surface area contributed by atoms with Crippen molar-refractivity contribution in [2.45, 2.75) is 25.9 Å². The van der Waals surface area contributed by atoms with Crippen LogP contribution < -0.4 is 0 Å². The Hall–Kier alpha value is -1.82. The maximum atomic E-state index is 9.40. The van der Waals surface area contributed by atoms with Crippen LogP contribution in [-0.4, -0.2) is 53.7 Å². The fourth-order valence-electron chi connectivity index (χ4n) is 3.23. The van der Waals surface area contributed by atoms with Crippen molar-refractivity contribution in [3.8, 4) is 0 Å². The Bertz CT molecular complexity index is 633. The third-order valence-electron chi connectivity index (χ3n) is 4.49. The average Bonchev–Trinajstić information content (AvgIpc) is 3.22. The Morgan fingerprint density at radius 1 is 1.29 bits per heavy atom. The molecule has 1 saturated heterocycles. The first-order valence-electron chi connectivity index (χ1n) is 8.57. The molecule has 0 spiro atoms. The number of aliphatic hydroxyl groups excluding tert-OH is 1. The summed E-state index contributed by atoms with van der Waals surface area (Å²) >= 11 is 0. The largest absolute Gasteiger partial charge is 0.465 e. The molecule has 0 aromatic carbocycles. The number of rotatable bonds is 7. The Labute approximate surface area is 143 Å². The molecule has 0 radical (unpaired) electrons. The standard InChI is InChI=1S/C19H26N2O3/c1-16-6-7-19(24-16)15-21-11-10-20(14-17(21)8-12-22)9-2-4-18-5-3-13-23-18/h2-7,13,17,22H,8-12,14-15H2,1H3/b4-2+/t17-/m0/s1. The van der Waals surface area contributed by atoms with Crippen molar-refractivity contribution < 1.29 is 13.9 Å². The number of piperazine rings is 1. The summed E-state index contributed by atoms with van der Waals surface area (Å²) in [7, 11) is 0. The van der Waals surface area contributed by atoms with E-state index in [1.54, 1.807) is 6.26 Å². The van der Waals surface area contributed by atoms with Gasteiger partial charge in [-0.2, -0.15) is 0 Å². The van der Waals surface area contributed by atoms with Crippen LogP contribution in [0.1, 0.15) is 23.7 Å². The molecule has 1 fully saturated rings. The third kappa shape index (κ3) is 4.60. The van der Waals surface area contributed by atoms with E-state index in [0.29, 0.717) is 6.04 Å². The molecule has 5 heteroatoms. The lowest BCUT2D eigenvalue weighted by molar-refractivity contribution is 0.0547. The van der Waals surface area contributed by atoms with Crippen molar-refractivity contribution in [3.05, 3.63) is 53.9 Å². The summed E-state index contributed by atoms with van der Waals surface area (Å²) < 4.78 is 11.0. The molecule has 5 nitrogen and oxygen atoms in total. The molecule has 24 heavy (non-hydrogen) atoms. The lowest BCUT2D eigenvalue weighted by atomic mass is 10.1. The normalized spacial score (nSPS) is 20.2. The second-order valence-corrected chi connectivity index (χ2v) is 6.33. The van der Waals surface area contributed by atoms with E-state index in [9.17, 15) is 5.11 Å². The minimum absolute atomic E-state index is 0.217. The van der Waals surface area contributed by atoms with Gasteiger partial charge in [-0.3, -0.25) is 9.80 Å². The van der Waals surface area contributed by atoms with E-state index in [-0.39, 0.29) is 6.61 Å². The minimum atomic E-state index is 0.217. The molecule has 0 unspecified atom stereocenters. The fraction of sp³-hybridized carbons (Fsp3) is 0.474. The summed E-state index contributed by atoms with van der Waals surface area (Å²) in [5.74, 6) is 2.83. The molecule has 2 aromatic rings. The van der Waals surface area contributed by atoms with Gasteiger partial charge in [0.25, 0.3) is 0 Å². The summed E-state index contributed by atoms with van der Waals surface area (Å²) in [6.45, 7) is 6.86. The van der Waals surface area contributed by atoms with Crippen LogP contribution in [0.5, 0.6) is 0 Å². The molecule has 1 aliphatic heterocycles. The van der Waals surface area contributed by atoms with Crippen LogP contribution in [0.25, 0.3) is 6.08 Å². The Balaban J connectivity index is 1.54. The summed E-state index contributed by atoms with van der Waals surface area (Å²) in [6, 6.07) is 8.25. The maximum Gasteiger partial charge on any atom is 0.126 e. The predicted molar refractivity (Wildman–Crippen MR) is 93.5 cm³/mol. The molecular weight excluding hydrogens is 304 g/mol. The summed E-state index contributed by atoms with van der Waals surface area (Å²) in [4.78, 5) is 4.84. The zero-order valence-corrected chi connectivity index (χ0v) is 14.2. The van der Waals surface area contributed by atoms with Crippen LogP contribution >= 0.6 is 0 Å². The van der Waals surface area contributed by atoms with Crippen molar-refractivity contribution in [1.82, 2.24) is 9.80 Å². The molecule has 0 saturated carbocycles. The van der Waals surface area contributed by atoms with Gasteiger partial charge in [-0.15, -0.1) is 0 Å². The number of aliphatic hydroxyl groups is 1. The van der Waals surface area contributed by atoms with E-state index in [2.05, 4.69) is 15.9 Å². The van der Waals surface area contributed by atoms with Gasteiger partial charge in [0.2, 0.25) is 0 Å². The first kappa shape index (κ1) is 17.0. The molecule has 2 aromatic heterocycles. The van der Waals surface area contributed by atoms with Crippen molar-refractivity contribution in [1.29, 1.82) is 0 Å². The highest BCUT2D eigenvalue weighted by atomic mass is 16.3. The van der Waals surface area contributed by atoms with Crippen molar-refractivity contribution in [2.75, 3.05) is 32.8 Å². The van der Waals surface area contributed by atoms with Gasteiger partial charge in [-0.05, 0) is 43.7 Å².